The number of hydrogen-bond donors (Lipinski definition) is 2. The molecule has 2 amide bonds. The van der Waals surface area contributed by atoms with Gasteiger partial charge >= 0.3 is 0 Å². The lowest BCUT2D eigenvalue weighted by Crippen LogP contribution is -2.43. The highest BCUT2D eigenvalue weighted by molar-refractivity contribution is 5.96. The molecule has 1 aromatic rings. The summed E-state index contributed by atoms with van der Waals surface area (Å²) in [6.07, 6.45) is 4.50. The number of benzene rings is 1. The number of rotatable bonds is 6. The molecule has 1 fully saturated rings. The van der Waals surface area contributed by atoms with Crippen LogP contribution in [0.15, 0.2) is 18.2 Å². The highest BCUT2D eigenvalue weighted by atomic mass is 16.5. The van der Waals surface area contributed by atoms with Gasteiger partial charge in [-0.1, -0.05) is 19.8 Å². The van der Waals surface area contributed by atoms with Crippen molar-refractivity contribution in [1.29, 1.82) is 0 Å². The molecule has 126 valence electrons. The van der Waals surface area contributed by atoms with E-state index in [0.29, 0.717) is 11.7 Å². The van der Waals surface area contributed by atoms with E-state index in [4.69, 9.17) is 15.2 Å². The molecule has 3 N–H and O–H groups in total. The molecule has 0 unspecified atom stereocenters. The summed E-state index contributed by atoms with van der Waals surface area (Å²) in [4.78, 5) is 23.5. The summed E-state index contributed by atoms with van der Waals surface area (Å²) in [5.74, 6) is 0.460. The Morgan fingerprint density at radius 2 is 2.04 bits per heavy atom. The van der Waals surface area contributed by atoms with Gasteiger partial charge in [0.25, 0.3) is 11.8 Å². The summed E-state index contributed by atoms with van der Waals surface area (Å²) in [5.41, 5.74) is 5.53. The van der Waals surface area contributed by atoms with E-state index in [-0.39, 0.29) is 29.9 Å². The summed E-state index contributed by atoms with van der Waals surface area (Å²) < 4.78 is 10.5. The van der Waals surface area contributed by atoms with Crippen LogP contribution in [0.3, 0.4) is 0 Å². The smallest absolute Gasteiger partial charge is 0.258 e. The molecule has 0 radical (unpaired) electrons. The molecule has 23 heavy (non-hydrogen) atoms. The minimum Gasteiger partial charge on any atom is -0.497 e. The van der Waals surface area contributed by atoms with Gasteiger partial charge in [0.1, 0.15) is 11.5 Å². The molecule has 0 aromatic heterocycles. The van der Waals surface area contributed by atoms with Crippen LogP contribution in [0.5, 0.6) is 11.5 Å². The van der Waals surface area contributed by atoms with Gasteiger partial charge in [0.15, 0.2) is 6.61 Å². The zero-order valence-electron chi connectivity index (χ0n) is 13.6. The van der Waals surface area contributed by atoms with Crippen molar-refractivity contribution < 1.29 is 19.1 Å². The van der Waals surface area contributed by atoms with E-state index < -0.39 is 5.91 Å². The summed E-state index contributed by atoms with van der Waals surface area (Å²) in [6.45, 7) is 2.01. The topological polar surface area (TPSA) is 90.7 Å². The minimum absolute atomic E-state index is 0.143. The Labute approximate surface area is 136 Å². The zero-order chi connectivity index (χ0) is 16.8. The van der Waals surface area contributed by atoms with Crippen molar-refractivity contribution in [3.63, 3.8) is 0 Å². The number of methoxy groups -OCH3 is 1. The van der Waals surface area contributed by atoms with Crippen LogP contribution in [0.25, 0.3) is 0 Å². The van der Waals surface area contributed by atoms with Gasteiger partial charge in [-0.25, -0.2) is 0 Å². The molecule has 0 heterocycles. The Hall–Kier alpha value is -2.24. The van der Waals surface area contributed by atoms with Crippen LogP contribution >= 0.6 is 0 Å². The zero-order valence-corrected chi connectivity index (χ0v) is 13.6. The lowest BCUT2D eigenvalue weighted by atomic mass is 9.86. The van der Waals surface area contributed by atoms with E-state index in [0.717, 1.165) is 19.3 Å². The first-order chi connectivity index (χ1) is 11.0. The minimum atomic E-state index is -0.625. The van der Waals surface area contributed by atoms with Gasteiger partial charge in [-0.2, -0.15) is 0 Å². The molecule has 0 aliphatic heterocycles. The predicted octanol–water partition coefficient (Wildman–Crippen LogP) is 1.87. The first kappa shape index (κ1) is 17.1. The largest absolute Gasteiger partial charge is 0.497 e. The molecule has 2 rings (SSSR count). The maximum atomic E-state index is 12.1. The van der Waals surface area contributed by atoms with E-state index in [1.165, 1.54) is 19.6 Å². The molecule has 1 aliphatic carbocycles. The molecular formula is C17H24N2O4. The fourth-order valence-electron chi connectivity index (χ4n) is 2.88. The second kappa shape index (κ2) is 7.85. The van der Waals surface area contributed by atoms with Gasteiger partial charge in [-0.3, -0.25) is 9.59 Å². The average Bonchev–Trinajstić information content (AvgIpc) is 2.54. The van der Waals surface area contributed by atoms with Crippen molar-refractivity contribution >= 4 is 11.8 Å². The first-order valence-corrected chi connectivity index (χ1v) is 7.91. The number of ether oxygens (including phenoxy) is 2. The van der Waals surface area contributed by atoms with E-state index in [1.807, 2.05) is 0 Å². The summed E-state index contributed by atoms with van der Waals surface area (Å²) in [6, 6.07) is 4.93. The molecule has 0 spiro atoms. The van der Waals surface area contributed by atoms with Crippen molar-refractivity contribution in [1.82, 2.24) is 5.32 Å². The summed E-state index contributed by atoms with van der Waals surface area (Å²) in [7, 11) is 1.50. The average molecular weight is 320 g/mol. The lowest BCUT2D eigenvalue weighted by Gasteiger charge is -2.29. The molecule has 2 atom stereocenters. The fraction of sp³-hybridized carbons (Fsp3) is 0.529. The molecule has 1 saturated carbocycles. The SMILES string of the molecule is COc1ccc(OCC(=O)N[C@@H]2CCCC[C@H]2C)c(C(N)=O)c1. The number of nitrogens with one attached hydrogen (secondary N) is 1. The van der Waals surface area contributed by atoms with Crippen LogP contribution < -0.4 is 20.5 Å². The van der Waals surface area contributed by atoms with E-state index in [1.54, 1.807) is 12.1 Å². The van der Waals surface area contributed by atoms with E-state index in [2.05, 4.69) is 12.2 Å². The van der Waals surface area contributed by atoms with Crippen molar-refractivity contribution in [3.8, 4) is 11.5 Å². The molecule has 6 heteroatoms. The standard InChI is InChI=1S/C17H24N2O4/c1-11-5-3-4-6-14(11)19-16(20)10-23-15-8-7-12(22-2)9-13(15)17(18)21/h7-9,11,14H,3-6,10H2,1-2H3,(H2,18,21)(H,19,20)/t11-,14-/m1/s1. The Morgan fingerprint density at radius 3 is 2.70 bits per heavy atom. The van der Waals surface area contributed by atoms with Gasteiger partial charge in [-0.15, -0.1) is 0 Å². The molecule has 0 saturated heterocycles. The highest BCUT2D eigenvalue weighted by Crippen LogP contribution is 2.25. The van der Waals surface area contributed by atoms with Crippen LogP contribution in [0.2, 0.25) is 0 Å². The Morgan fingerprint density at radius 1 is 1.30 bits per heavy atom. The molecule has 6 nitrogen and oxygen atoms in total. The second-order valence-corrected chi connectivity index (χ2v) is 5.95. The second-order valence-electron chi connectivity index (χ2n) is 5.95. The van der Waals surface area contributed by atoms with Gasteiger partial charge in [0.05, 0.1) is 12.7 Å². The Kier molecular flexibility index (Phi) is 5.84. The number of amides is 2. The molecule has 1 aliphatic rings. The van der Waals surface area contributed by atoms with Crippen LogP contribution in [-0.4, -0.2) is 31.6 Å². The molecule has 0 bridgehead atoms. The van der Waals surface area contributed by atoms with Crippen LogP contribution in [0.4, 0.5) is 0 Å². The number of hydrogen-bond acceptors (Lipinski definition) is 4. The summed E-state index contributed by atoms with van der Waals surface area (Å²) in [5, 5.41) is 3.01. The molecular weight excluding hydrogens is 296 g/mol. The number of primary amides is 1. The van der Waals surface area contributed by atoms with Crippen LogP contribution in [0, 0.1) is 5.92 Å². The Balaban J connectivity index is 1.94. The summed E-state index contributed by atoms with van der Waals surface area (Å²) >= 11 is 0. The van der Waals surface area contributed by atoms with Gasteiger partial charge in [-0.05, 0) is 37.0 Å². The van der Waals surface area contributed by atoms with E-state index in [9.17, 15) is 9.59 Å². The first-order valence-electron chi connectivity index (χ1n) is 7.91. The van der Waals surface area contributed by atoms with Crippen molar-refractivity contribution in [2.24, 2.45) is 11.7 Å². The predicted molar refractivity (Wildman–Crippen MR) is 86.6 cm³/mol. The fourth-order valence-corrected chi connectivity index (χ4v) is 2.88. The number of carbonyl (C=O) groups excluding carboxylic acids is 2. The van der Waals surface area contributed by atoms with Crippen molar-refractivity contribution in [3.05, 3.63) is 23.8 Å². The molecule has 1 aromatic carbocycles. The van der Waals surface area contributed by atoms with Crippen molar-refractivity contribution in [2.75, 3.05) is 13.7 Å². The third-order valence-electron chi connectivity index (χ3n) is 4.27. The van der Waals surface area contributed by atoms with Gasteiger partial charge in [0, 0.05) is 6.04 Å². The van der Waals surface area contributed by atoms with Crippen LogP contribution in [0.1, 0.15) is 43.0 Å². The van der Waals surface area contributed by atoms with Gasteiger partial charge < -0.3 is 20.5 Å². The number of nitrogens with two attached hydrogens (primary N) is 1. The Bertz CT molecular complexity index is 574. The van der Waals surface area contributed by atoms with Crippen LogP contribution in [-0.2, 0) is 4.79 Å². The van der Waals surface area contributed by atoms with Gasteiger partial charge in [0.2, 0.25) is 0 Å². The number of carbonyl (C=O) groups is 2. The maximum absolute atomic E-state index is 12.1. The lowest BCUT2D eigenvalue weighted by molar-refractivity contribution is -0.124. The maximum Gasteiger partial charge on any atom is 0.258 e. The third-order valence-corrected chi connectivity index (χ3v) is 4.27. The van der Waals surface area contributed by atoms with E-state index >= 15 is 0 Å². The third kappa shape index (κ3) is 4.61. The monoisotopic (exact) mass is 320 g/mol. The quantitative estimate of drug-likeness (QED) is 0.837. The van der Waals surface area contributed by atoms with Crippen molar-refractivity contribution in [2.45, 2.75) is 38.6 Å². The normalized spacial score (nSPS) is 20.6. The highest BCUT2D eigenvalue weighted by Gasteiger charge is 2.23.